The summed E-state index contributed by atoms with van der Waals surface area (Å²) in [6.07, 6.45) is 1.08. The number of nitrogens with two attached hydrogens (primary N) is 1. The van der Waals surface area contributed by atoms with Crippen molar-refractivity contribution >= 4 is 22.9 Å². The van der Waals surface area contributed by atoms with Gasteiger partial charge >= 0.3 is 0 Å². The molecule has 3 rings (SSSR count). The van der Waals surface area contributed by atoms with E-state index in [2.05, 4.69) is 16.3 Å². The molecule has 0 amide bonds. The summed E-state index contributed by atoms with van der Waals surface area (Å²) < 4.78 is 5.49. The molecule has 1 aromatic carbocycles. The van der Waals surface area contributed by atoms with E-state index >= 15 is 0 Å². The highest BCUT2D eigenvalue weighted by atomic mass is 35.5. The van der Waals surface area contributed by atoms with Gasteiger partial charge in [-0.15, -0.1) is 11.3 Å². The maximum Gasteiger partial charge on any atom is 0.125 e. The lowest BCUT2D eigenvalue weighted by atomic mass is 10.0. The van der Waals surface area contributed by atoms with Gasteiger partial charge in [0.15, 0.2) is 0 Å². The number of nitrogens with zero attached hydrogens (tertiary/aromatic N) is 1. The average Bonchev–Trinajstić information content (AvgIpc) is 2.97. The number of fused-ring (bicyclic) bond motifs is 1. The van der Waals surface area contributed by atoms with Crippen molar-refractivity contribution < 1.29 is 4.74 Å². The summed E-state index contributed by atoms with van der Waals surface area (Å²) in [6.45, 7) is 2.46. The molecule has 0 saturated heterocycles. The highest BCUT2D eigenvalue weighted by molar-refractivity contribution is 7.10. The Hall–Kier alpha value is -1.07. The number of hydrogen-bond donors (Lipinski definition) is 1. The molecule has 2 aromatic rings. The number of halogens is 1. The second kappa shape index (κ2) is 6.36. The molecule has 2 N–H and O–H groups in total. The SMILES string of the molecule is COc1cccc(Cl)c1C(CN)N1CCc2sccc2C1. The van der Waals surface area contributed by atoms with Gasteiger partial charge < -0.3 is 10.5 Å². The van der Waals surface area contributed by atoms with E-state index in [9.17, 15) is 0 Å². The van der Waals surface area contributed by atoms with Crippen molar-refractivity contribution in [2.75, 3.05) is 20.2 Å². The standard InChI is InChI=1S/C16H19ClN2OS/c1-20-14-4-2-3-12(17)16(14)13(9-18)19-7-5-15-11(10-19)6-8-21-15/h2-4,6,8,13H,5,7,9-10,18H2,1H3. The van der Waals surface area contributed by atoms with Crippen molar-refractivity contribution in [2.45, 2.75) is 19.0 Å². The molecule has 1 aliphatic heterocycles. The van der Waals surface area contributed by atoms with Crippen LogP contribution >= 0.6 is 22.9 Å². The van der Waals surface area contributed by atoms with Gasteiger partial charge in [-0.3, -0.25) is 4.90 Å². The van der Waals surface area contributed by atoms with Crippen molar-refractivity contribution in [3.63, 3.8) is 0 Å². The second-order valence-corrected chi connectivity index (χ2v) is 6.60. The molecular formula is C16H19ClN2OS. The van der Waals surface area contributed by atoms with E-state index < -0.39 is 0 Å². The van der Waals surface area contributed by atoms with Gasteiger partial charge in [-0.2, -0.15) is 0 Å². The summed E-state index contributed by atoms with van der Waals surface area (Å²) in [5, 5.41) is 2.89. The van der Waals surface area contributed by atoms with E-state index in [0.717, 1.165) is 35.8 Å². The van der Waals surface area contributed by atoms with Crippen molar-refractivity contribution in [3.8, 4) is 5.75 Å². The Labute approximate surface area is 134 Å². The first-order chi connectivity index (χ1) is 10.2. The van der Waals surface area contributed by atoms with Crippen LogP contribution in [0.1, 0.15) is 22.0 Å². The highest BCUT2D eigenvalue weighted by Crippen LogP contribution is 2.37. The molecule has 0 radical (unpaired) electrons. The zero-order chi connectivity index (χ0) is 14.8. The summed E-state index contributed by atoms with van der Waals surface area (Å²) in [5.41, 5.74) is 8.49. The average molecular weight is 323 g/mol. The van der Waals surface area contributed by atoms with Gasteiger partial charge in [0, 0.05) is 35.1 Å². The fraction of sp³-hybridized carbons (Fsp3) is 0.375. The first-order valence-electron chi connectivity index (χ1n) is 7.06. The van der Waals surface area contributed by atoms with Crippen LogP contribution in [0.25, 0.3) is 0 Å². The van der Waals surface area contributed by atoms with Gasteiger partial charge in [-0.05, 0) is 35.6 Å². The fourth-order valence-electron chi connectivity index (χ4n) is 3.00. The molecule has 3 nitrogen and oxygen atoms in total. The lowest BCUT2D eigenvalue weighted by Crippen LogP contribution is -2.37. The number of benzene rings is 1. The maximum atomic E-state index is 6.42. The van der Waals surface area contributed by atoms with Crippen LogP contribution in [0, 0.1) is 0 Å². The molecule has 1 aliphatic rings. The van der Waals surface area contributed by atoms with Crippen LogP contribution in [0.15, 0.2) is 29.6 Å². The van der Waals surface area contributed by atoms with Gasteiger partial charge in [0.1, 0.15) is 5.75 Å². The van der Waals surface area contributed by atoms with Gasteiger partial charge in [0.2, 0.25) is 0 Å². The molecule has 1 unspecified atom stereocenters. The molecule has 0 fully saturated rings. The summed E-state index contributed by atoms with van der Waals surface area (Å²) >= 11 is 8.26. The minimum atomic E-state index is 0.0849. The van der Waals surface area contributed by atoms with Crippen LogP contribution in [-0.2, 0) is 13.0 Å². The molecule has 1 aromatic heterocycles. The number of hydrogen-bond acceptors (Lipinski definition) is 4. The summed E-state index contributed by atoms with van der Waals surface area (Å²) in [6, 6.07) is 8.06. The molecule has 2 heterocycles. The van der Waals surface area contributed by atoms with E-state index in [-0.39, 0.29) is 6.04 Å². The Balaban J connectivity index is 1.93. The van der Waals surface area contributed by atoms with Crippen LogP contribution in [0.4, 0.5) is 0 Å². The third-order valence-corrected chi connectivity index (χ3v) is 5.42. The number of thiophene rings is 1. The van der Waals surface area contributed by atoms with Crippen molar-refractivity contribution in [2.24, 2.45) is 5.73 Å². The van der Waals surface area contributed by atoms with E-state index in [1.807, 2.05) is 29.5 Å². The van der Waals surface area contributed by atoms with Crippen LogP contribution in [0.5, 0.6) is 5.75 Å². The third-order valence-electron chi connectivity index (χ3n) is 4.07. The second-order valence-electron chi connectivity index (χ2n) is 5.20. The Kier molecular flexibility index (Phi) is 4.50. The molecule has 21 heavy (non-hydrogen) atoms. The number of methoxy groups -OCH3 is 1. The normalized spacial score (nSPS) is 16.5. The Morgan fingerprint density at radius 3 is 3.05 bits per heavy atom. The molecule has 112 valence electrons. The quantitative estimate of drug-likeness (QED) is 0.936. The molecule has 5 heteroatoms. The van der Waals surface area contributed by atoms with Crippen molar-refractivity contribution in [1.29, 1.82) is 0 Å². The Morgan fingerprint density at radius 1 is 1.43 bits per heavy atom. The number of ether oxygens (including phenoxy) is 1. The van der Waals surface area contributed by atoms with Crippen LogP contribution in [0.2, 0.25) is 5.02 Å². The zero-order valence-electron chi connectivity index (χ0n) is 12.0. The highest BCUT2D eigenvalue weighted by Gasteiger charge is 2.28. The van der Waals surface area contributed by atoms with Crippen LogP contribution < -0.4 is 10.5 Å². The van der Waals surface area contributed by atoms with Crippen molar-refractivity contribution in [1.82, 2.24) is 4.90 Å². The molecule has 0 aliphatic carbocycles. The van der Waals surface area contributed by atoms with Gasteiger partial charge in [0.05, 0.1) is 13.2 Å². The van der Waals surface area contributed by atoms with Gasteiger partial charge in [-0.1, -0.05) is 17.7 Å². The minimum absolute atomic E-state index is 0.0849. The largest absolute Gasteiger partial charge is 0.496 e. The summed E-state index contributed by atoms with van der Waals surface area (Å²) in [5.74, 6) is 0.814. The molecule has 1 atom stereocenters. The van der Waals surface area contributed by atoms with E-state index in [0.29, 0.717) is 6.54 Å². The molecule has 0 spiro atoms. The molecule has 0 saturated carbocycles. The van der Waals surface area contributed by atoms with Crippen LogP contribution in [-0.4, -0.2) is 25.1 Å². The molecule has 0 bridgehead atoms. The monoisotopic (exact) mass is 322 g/mol. The lowest BCUT2D eigenvalue weighted by Gasteiger charge is -2.35. The first-order valence-corrected chi connectivity index (χ1v) is 8.32. The zero-order valence-corrected chi connectivity index (χ0v) is 13.6. The van der Waals surface area contributed by atoms with Gasteiger partial charge in [0.25, 0.3) is 0 Å². The summed E-state index contributed by atoms with van der Waals surface area (Å²) in [4.78, 5) is 3.90. The maximum absolute atomic E-state index is 6.42. The fourth-order valence-corrected chi connectivity index (χ4v) is 4.19. The first kappa shape index (κ1) is 14.9. The van der Waals surface area contributed by atoms with E-state index in [1.54, 1.807) is 7.11 Å². The van der Waals surface area contributed by atoms with E-state index in [1.165, 1.54) is 10.4 Å². The van der Waals surface area contributed by atoms with Crippen molar-refractivity contribution in [3.05, 3.63) is 50.7 Å². The Bertz CT molecular complexity index is 628. The van der Waals surface area contributed by atoms with E-state index in [4.69, 9.17) is 22.1 Å². The summed E-state index contributed by atoms with van der Waals surface area (Å²) in [7, 11) is 1.68. The minimum Gasteiger partial charge on any atom is -0.496 e. The smallest absolute Gasteiger partial charge is 0.125 e. The predicted molar refractivity (Wildman–Crippen MR) is 88.2 cm³/mol. The molecular weight excluding hydrogens is 304 g/mol. The Morgan fingerprint density at radius 2 is 2.29 bits per heavy atom. The third kappa shape index (κ3) is 2.81. The van der Waals surface area contributed by atoms with Crippen LogP contribution in [0.3, 0.4) is 0 Å². The number of rotatable bonds is 4. The lowest BCUT2D eigenvalue weighted by molar-refractivity contribution is 0.182. The predicted octanol–water partition coefficient (Wildman–Crippen LogP) is 3.47. The van der Waals surface area contributed by atoms with Gasteiger partial charge in [-0.25, -0.2) is 0 Å². The topological polar surface area (TPSA) is 38.5 Å².